The van der Waals surface area contributed by atoms with E-state index in [2.05, 4.69) is 17.2 Å². The first-order valence-corrected chi connectivity index (χ1v) is 10.3. The van der Waals surface area contributed by atoms with Crippen LogP contribution in [0.3, 0.4) is 0 Å². The average molecular weight is 478 g/mol. The first-order valence-electron chi connectivity index (χ1n) is 10.3. The van der Waals surface area contributed by atoms with Crippen LogP contribution in [-0.4, -0.2) is 49.4 Å². The Kier molecular flexibility index (Phi) is 10.2. The molecule has 0 aliphatic carbocycles. The number of ether oxygens (including phenoxy) is 4. The molecule has 1 atom stereocenters. The molecule has 11 nitrogen and oxygen atoms in total. The number of anilines is 2. The summed E-state index contributed by atoms with van der Waals surface area (Å²) in [6.07, 6.45) is -2.46. The van der Waals surface area contributed by atoms with E-state index in [-0.39, 0.29) is 36.2 Å². The summed E-state index contributed by atoms with van der Waals surface area (Å²) in [6, 6.07) is 0. The third-order valence-electron chi connectivity index (χ3n) is 4.48. The molecule has 1 aromatic carbocycles. The summed E-state index contributed by atoms with van der Waals surface area (Å²) in [5.41, 5.74) is 2.40. The summed E-state index contributed by atoms with van der Waals surface area (Å²) in [5, 5.41) is 5.32. The second kappa shape index (κ2) is 12.4. The van der Waals surface area contributed by atoms with Gasteiger partial charge in [0.15, 0.2) is 0 Å². The lowest BCUT2D eigenvalue weighted by Crippen LogP contribution is -2.25. The van der Waals surface area contributed by atoms with Crippen LogP contribution in [0.25, 0.3) is 0 Å². The number of carbonyl (C=O) groups is 5. The third kappa shape index (κ3) is 7.91. The lowest BCUT2D eigenvalue weighted by atomic mass is 9.94. The van der Waals surface area contributed by atoms with Gasteiger partial charge in [-0.2, -0.15) is 0 Å². The van der Waals surface area contributed by atoms with E-state index < -0.39 is 24.4 Å². The summed E-state index contributed by atoms with van der Waals surface area (Å²) < 4.78 is 19.7. The van der Waals surface area contributed by atoms with Crippen molar-refractivity contribution in [1.29, 1.82) is 0 Å². The van der Waals surface area contributed by atoms with E-state index in [1.165, 1.54) is 27.7 Å². The number of hydrogen-bond donors (Lipinski definition) is 2. The Labute approximate surface area is 197 Å². The van der Waals surface area contributed by atoms with Crippen LogP contribution in [0.15, 0.2) is 12.2 Å². The molecular formula is C23H30N2O9. The molecule has 0 aliphatic heterocycles. The number of amides is 2. The molecular weight excluding hydrogens is 448 g/mol. The number of carbonyl (C=O) groups excluding carboxylic acids is 5. The molecule has 2 N–H and O–H groups in total. The molecule has 1 aromatic rings. The van der Waals surface area contributed by atoms with Gasteiger partial charge < -0.3 is 29.6 Å². The second-order valence-corrected chi connectivity index (χ2v) is 7.47. The molecule has 0 spiro atoms. The Morgan fingerprint density at radius 3 is 1.71 bits per heavy atom. The molecule has 0 aromatic heterocycles. The first kappa shape index (κ1) is 28.1. The zero-order valence-electron chi connectivity index (χ0n) is 20.4. The quantitative estimate of drug-likeness (QED) is 0.179. The normalized spacial score (nSPS) is 11.0. The van der Waals surface area contributed by atoms with Gasteiger partial charge in [0.1, 0.15) is 13.2 Å². The van der Waals surface area contributed by atoms with Gasteiger partial charge in [-0.05, 0) is 44.4 Å². The Balaban J connectivity index is 2.96. The van der Waals surface area contributed by atoms with Crippen molar-refractivity contribution in [3.05, 3.63) is 34.4 Å². The summed E-state index contributed by atoms with van der Waals surface area (Å²) in [5.74, 6) is -2.20. The summed E-state index contributed by atoms with van der Waals surface area (Å²) in [6.45, 7) is 13.3. The smallest absolute Gasteiger partial charge is 0.459 e. The van der Waals surface area contributed by atoms with Crippen LogP contribution in [0.5, 0.6) is 0 Å². The average Bonchev–Trinajstić information content (AvgIpc) is 2.71. The second-order valence-electron chi connectivity index (χ2n) is 7.47. The minimum absolute atomic E-state index is 0.0913. The van der Waals surface area contributed by atoms with Crippen molar-refractivity contribution >= 4 is 41.3 Å². The van der Waals surface area contributed by atoms with E-state index in [1.54, 1.807) is 20.8 Å². The maximum atomic E-state index is 12.9. The molecule has 1 rings (SSSR count). The highest BCUT2D eigenvalue weighted by Crippen LogP contribution is 2.35. The van der Waals surface area contributed by atoms with Gasteiger partial charge in [-0.1, -0.05) is 6.58 Å². The van der Waals surface area contributed by atoms with E-state index >= 15 is 0 Å². The third-order valence-corrected chi connectivity index (χ3v) is 4.48. The highest BCUT2D eigenvalue weighted by atomic mass is 16.8. The summed E-state index contributed by atoms with van der Waals surface area (Å²) in [7, 11) is 0. The predicted octanol–water partition coefficient (Wildman–Crippen LogP) is 3.30. The molecule has 0 bridgehead atoms. The Morgan fingerprint density at radius 2 is 1.26 bits per heavy atom. The van der Waals surface area contributed by atoms with Gasteiger partial charge in [0.25, 0.3) is 0 Å². The van der Waals surface area contributed by atoms with E-state index in [9.17, 15) is 24.0 Å². The van der Waals surface area contributed by atoms with Crippen LogP contribution >= 0.6 is 0 Å². The molecule has 11 heteroatoms. The van der Waals surface area contributed by atoms with Gasteiger partial charge in [-0.25, -0.2) is 14.4 Å². The van der Waals surface area contributed by atoms with Gasteiger partial charge in [0, 0.05) is 37.7 Å². The van der Waals surface area contributed by atoms with E-state index in [0.717, 1.165) is 0 Å². The van der Waals surface area contributed by atoms with Crippen molar-refractivity contribution in [1.82, 2.24) is 0 Å². The zero-order valence-corrected chi connectivity index (χ0v) is 20.4. The van der Waals surface area contributed by atoms with Crippen molar-refractivity contribution in [3.63, 3.8) is 0 Å². The summed E-state index contributed by atoms with van der Waals surface area (Å²) >= 11 is 0. The molecule has 0 fully saturated rings. The Bertz CT molecular complexity index is 971. The lowest BCUT2D eigenvalue weighted by Gasteiger charge is -2.22. The molecule has 0 saturated carbocycles. The molecule has 0 heterocycles. The van der Waals surface area contributed by atoms with Crippen molar-refractivity contribution in [3.8, 4) is 0 Å². The number of nitrogens with one attached hydrogen (secondary N) is 2. The van der Waals surface area contributed by atoms with Crippen molar-refractivity contribution in [2.24, 2.45) is 0 Å². The highest BCUT2D eigenvalue weighted by Gasteiger charge is 2.26. The zero-order chi connectivity index (χ0) is 26.2. The molecule has 0 aliphatic rings. The number of esters is 2. The van der Waals surface area contributed by atoms with Crippen molar-refractivity contribution < 1.29 is 42.9 Å². The summed E-state index contributed by atoms with van der Waals surface area (Å²) in [4.78, 5) is 59.3. The molecule has 0 radical (unpaired) electrons. The standard InChI is InChI=1S/C23H30N2O9/c1-11(2)21(28)31-9-10-32-23(30)34-17(8)33-22(29)18-12(3)19(24-15(6)26)14(5)20(13(18)4)25-16(7)27/h17H,1,9-10H2,2-8H3,(H,24,26)(H,25,27). The minimum Gasteiger partial charge on any atom is -0.459 e. The van der Waals surface area contributed by atoms with Gasteiger partial charge in [0.05, 0.1) is 5.56 Å². The van der Waals surface area contributed by atoms with Crippen LogP contribution in [0, 0.1) is 20.8 Å². The minimum atomic E-state index is -1.33. The van der Waals surface area contributed by atoms with Gasteiger partial charge in [-0.15, -0.1) is 0 Å². The van der Waals surface area contributed by atoms with Gasteiger partial charge >= 0.3 is 18.1 Å². The molecule has 34 heavy (non-hydrogen) atoms. The maximum Gasteiger partial charge on any atom is 0.511 e. The molecule has 1 unspecified atom stereocenters. The SMILES string of the molecule is C=C(C)C(=O)OCCOC(=O)OC(C)OC(=O)c1c(C)c(NC(C)=O)c(C)c(NC(C)=O)c1C. The monoisotopic (exact) mass is 478 g/mol. The lowest BCUT2D eigenvalue weighted by molar-refractivity contribution is -0.140. The van der Waals surface area contributed by atoms with Gasteiger partial charge in [0.2, 0.25) is 18.1 Å². The highest BCUT2D eigenvalue weighted by molar-refractivity contribution is 6.03. The Morgan fingerprint density at radius 1 is 0.794 bits per heavy atom. The fourth-order valence-electron chi connectivity index (χ4n) is 3.04. The predicted molar refractivity (Wildman–Crippen MR) is 122 cm³/mol. The topological polar surface area (TPSA) is 146 Å². The number of benzene rings is 1. The van der Waals surface area contributed by atoms with E-state index in [0.29, 0.717) is 28.1 Å². The fraction of sp³-hybridized carbons (Fsp3) is 0.435. The van der Waals surface area contributed by atoms with Crippen LogP contribution in [-0.2, 0) is 33.3 Å². The molecule has 0 saturated heterocycles. The van der Waals surface area contributed by atoms with Gasteiger partial charge in [-0.3, -0.25) is 9.59 Å². The fourth-order valence-corrected chi connectivity index (χ4v) is 3.04. The van der Waals surface area contributed by atoms with Crippen LogP contribution in [0.4, 0.5) is 16.2 Å². The largest absolute Gasteiger partial charge is 0.511 e. The van der Waals surface area contributed by atoms with E-state index in [4.69, 9.17) is 18.9 Å². The van der Waals surface area contributed by atoms with Crippen LogP contribution < -0.4 is 10.6 Å². The molecule has 186 valence electrons. The van der Waals surface area contributed by atoms with E-state index in [1.807, 2.05) is 0 Å². The Hall–Kier alpha value is -3.89. The van der Waals surface area contributed by atoms with Crippen molar-refractivity contribution in [2.45, 2.75) is 54.8 Å². The maximum absolute atomic E-state index is 12.9. The van der Waals surface area contributed by atoms with Crippen LogP contribution in [0.1, 0.15) is 54.7 Å². The number of hydrogen-bond acceptors (Lipinski definition) is 9. The van der Waals surface area contributed by atoms with Crippen LogP contribution in [0.2, 0.25) is 0 Å². The number of rotatable bonds is 9. The first-order chi connectivity index (χ1) is 15.8. The molecule has 2 amide bonds. The van der Waals surface area contributed by atoms with Crippen molar-refractivity contribution in [2.75, 3.05) is 23.8 Å².